The third-order valence-electron chi connectivity index (χ3n) is 3.47. The topological polar surface area (TPSA) is 92.2 Å². The second-order valence-electron chi connectivity index (χ2n) is 5.01. The van der Waals surface area contributed by atoms with Gasteiger partial charge in [0.25, 0.3) is 5.91 Å². The molecule has 0 saturated heterocycles. The van der Waals surface area contributed by atoms with E-state index in [2.05, 4.69) is 22.2 Å². The Morgan fingerprint density at radius 3 is 2.67 bits per heavy atom. The van der Waals surface area contributed by atoms with E-state index < -0.39 is 5.97 Å². The molecule has 7 heteroatoms. The zero-order valence-corrected chi connectivity index (χ0v) is 12.7. The van der Waals surface area contributed by atoms with E-state index in [9.17, 15) is 9.59 Å². The highest BCUT2D eigenvalue weighted by atomic mass is 32.2. The number of amides is 1. The first-order valence-electron chi connectivity index (χ1n) is 7.08. The molecule has 2 unspecified atom stereocenters. The van der Waals surface area contributed by atoms with E-state index >= 15 is 0 Å². The van der Waals surface area contributed by atoms with Crippen LogP contribution in [-0.2, 0) is 0 Å². The number of nitrogens with zero attached hydrogens (tertiary/aromatic N) is 2. The molecule has 1 aromatic heterocycles. The number of rotatable bonds is 5. The van der Waals surface area contributed by atoms with Crippen molar-refractivity contribution in [2.45, 2.75) is 43.9 Å². The largest absolute Gasteiger partial charge is 0.476 e. The first-order chi connectivity index (χ1) is 10.1. The summed E-state index contributed by atoms with van der Waals surface area (Å²) in [6.45, 7) is 2.15. The fourth-order valence-electron chi connectivity index (χ4n) is 2.48. The second kappa shape index (κ2) is 7.40. The van der Waals surface area contributed by atoms with Gasteiger partial charge in [-0.2, -0.15) is 11.8 Å². The van der Waals surface area contributed by atoms with Crippen LogP contribution in [-0.4, -0.2) is 44.0 Å². The number of aromatic nitrogens is 2. The molecule has 1 aliphatic carbocycles. The van der Waals surface area contributed by atoms with E-state index in [-0.39, 0.29) is 23.3 Å². The lowest BCUT2D eigenvalue weighted by atomic mass is 9.95. The van der Waals surface area contributed by atoms with Crippen molar-refractivity contribution in [3.05, 3.63) is 23.8 Å². The Morgan fingerprint density at radius 1 is 1.33 bits per heavy atom. The van der Waals surface area contributed by atoms with Gasteiger partial charge in [0.05, 0.1) is 12.4 Å². The monoisotopic (exact) mass is 309 g/mol. The molecule has 21 heavy (non-hydrogen) atoms. The normalized spacial score (nSPS) is 21.8. The molecule has 1 aliphatic rings. The quantitative estimate of drug-likeness (QED) is 0.864. The minimum Gasteiger partial charge on any atom is -0.476 e. The number of carbonyl (C=O) groups is 2. The number of nitrogens with one attached hydrogen (secondary N) is 1. The Bertz CT molecular complexity index is 505. The highest BCUT2D eigenvalue weighted by molar-refractivity contribution is 7.99. The van der Waals surface area contributed by atoms with Crippen molar-refractivity contribution >= 4 is 23.6 Å². The number of hydrogen-bond donors (Lipinski definition) is 2. The molecule has 1 aromatic rings. The molecule has 2 atom stereocenters. The number of hydrogen-bond acceptors (Lipinski definition) is 5. The zero-order chi connectivity index (χ0) is 15.2. The fraction of sp³-hybridized carbons (Fsp3) is 0.571. The average Bonchev–Trinajstić information content (AvgIpc) is 2.48. The SMILES string of the molecule is CCSC1CCCC(NC(=O)c2cnc(C(=O)O)cn2)C1. The molecule has 2 N–H and O–H groups in total. The summed E-state index contributed by atoms with van der Waals surface area (Å²) in [6, 6.07) is 0.163. The van der Waals surface area contributed by atoms with Crippen LogP contribution in [0, 0.1) is 0 Å². The number of carboxylic acids is 1. The summed E-state index contributed by atoms with van der Waals surface area (Å²) in [7, 11) is 0. The zero-order valence-electron chi connectivity index (χ0n) is 11.9. The number of carboxylic acid groups (broad SMARTS) is 1. The van der Waals surface area contributed by atoms with Crippen LogP contribution < -0.4 is 5.32 Å². The van der Waals surface area contributed by atoms with Crippen molar-refractivity contribution in [3.8, 4) is 0 Å². The van der Waals surface area contributed by atoms with E-state index in [4.69, 9.17) is 5.11 Å². The smallest absolute Gasteiger partial charge is 0.356 e. The van der Waals surface area contributed by atoms with Crippen LogP contribution >= 0.6 is 11.8 Å². The highest BCUT2D eigenvalue weighted by Gasteiger charge is 2.24. The molecule has 1 fully saturated rings. The van der Waals surface area contributed by atoms with E-state index in [0.29, 0.717) is 5.25 Å². The minimum absolute atomic E-state index is 0.158. The molecule has 0 bridgehead atoms. The molecule has 1 amide bonds. The third kappa shape index (κ3) is 4.42. The van der Waals surface area contributed by atoms with Gasteiger partial charge in [0.2, 0.25) is 0 Å². The molecule has 0 aliphatic heterocycles. The van der Waals surface area contributed by atoms with Crippen LogP contribution in [0.1, 0.15) is 53.6 Å². The van der Waals surface area contributed by atoms with Crippen molar-refractivity contribution < 1.29 is 14.7 Å². The Hall–Kier alpha value is -1.63. The summed E-state index contributed by atoms with van der Waals surface area (Å²) < 4.78 is 0. The Labute approximate surface area is 127 Å². The van der Waals surface area contributed by atoms with Gasteiger partial charge in [-0.05, 0) is 25.0 Å². The predicted octanol–water partition coefficient (Wildman–Crippen LogP) is 1.97. The Morgan fingerprint density at radius 2 is 2.05 bits per heavy atom. The van der Waals surface area contributed by atoms with Crippen LogP contribution in [0.3, 0.4) is 0 Å². The molecular weight excluding hydrogens is 290 g/mol. The summed E-state index contributed by atoms with van der Waals surface area (Å²) in [6.07, 6.45) is 6.59. The summed E-state index contributed by atoms with van der Waals surface area (Å²) in [5.74, 6) is -0.347. The van der Waals surface area contributed by atoms with Gasteiger partial charge in [-0.1, -0.05) is 13.3 Å². The molecule has 6 nitrogen and oxygen atoms in total. The molecule has 0 spiro atoms. The van der Waals surface area contributed by atoms with Crippen molar-refractivity contribution in [1.29, 1.82) is 0 Å². The molecule has 0 radical (unpaired) electrons. The van der Waals surface area contributed by atoms with Gasteiger partial charge in [0.15, 0.2) is 5.69 Å². The van der Waals surface area contributed by atoms with E-state index in [0.717, 1.165) is 31.2 Å². The number of aromatic carboxylic acids is 1. The summed E-state index contributed by atoms with van der Waals surface area (Å²) in [5, 5.41) is 12.3. The first kappa shape index (κ1) is 15.8. The van der Waals surface area contributed by atoms with Crippen molar-refractivity contribution in [2.24, 2.45) is 0 Å². The van der Waals surface area contributed by atoms with E-state index in [1.165, 1.54) is 12.6 Å². The molecule has 2 rings (SSSR count). The number of thioether (sulfide) groups is 1. The van der Waals surface area contributed by atoms with Gasteiger partial charge in [-0.3, -0.25) is 4.79 Å². The van der Waals surface area contributed by atoms with Gasteiger partial charge >= 0.3 is 5.97 Å². The van der Waals surface area contributed by atoms with Crippen LogP contribution in [0.25, 0.3) is 0 Å². The lowest BCUT2D eigenvalue weighted by Crippen LogP contribution is -2.39. The van der Waals surface area contributed by atoms with Crippen molar-refractivity contribution in [3.63, 3.8) is 0 Å². The first-order valence-corrected chi connectivity index (χ1v) is 8.12. The highest BCUT2D eigenvalue weighted by Crippen LogP contribution is 2.28. The Balaban J connectivity index is 1.92. The van der Waals surface area contributed by atoms with Crippen molar-refractivity contribution in [1.82, 2.24) is 15.3 Å². The van der Waals surface area contributed by atoms with Crippen LogP contribution in [0.4, 0.5) is 0 Å². The fourth-order valence-corrected chi connectivity index (χ4v) is 3.65. The Kier molecular flexibility index (Phi) is 5.55. The minimum atomic E-state index is -1.15. The second-order valence-corrected chi connectivity index (χ2v) is 6.58. The van der Waals surface area contributed by atoms with E-state index in [1.54, 1.807) is 0 Å². The molecular formula is C14H19N3O3S. The molecule has 0 aromatic carbocycles. The summed E-state index contributed by atoms with van der Waals surface area (Å²) in [5.41, 5.74) is -0.00565. The van der Waals surface area contributed by atoms with Gasteiger partial charge in [0.1, 0.15) is 5.69 Å². The van der Waals surface area contributed by atoms with Gasteiger partial charge in [0, 0.05) is 11.3 Å². The average molecular weight is 309 g/mol. The summed E-state index contributed by atoms with van der Waals surface area (Å²) in [4.78, 5) is 30.4. The lowest BCUT2D eigenvalue weighted by molar-refractivity contribution is 0.0688. The maximum atomic E-state index is 12.1. The van der Waals surface area contributed by atoms with Crippen LogP contribution in [0.2, 0.25) is 0 Å². The standard InChI is InChI=1S/C14H19N3O3S/c1-2-21-10-5-3-4-9(6-10)17-13(18)11-7-16-12(8-15-11)14(19)20/h7-10H,2-6H2,1H3,(H,17,18)(H,19,20). The lowest BCUT2D eigenvalue weighted by Gasteiger charge is -2.29. The van der Waals surface area contributed by atoms with Gasteiger partial charge in [-0.15, -0.1) is 0 Å². The van der Waals surface area contributed by atoms with Gasteiger partial charge < -0.3 is 10.4 Å². The predicted molar refractivity (Wildman–Crippen MR) is 80.6 cm³/mol. The van der Waals surface area contributed by atoms with Gasteiger partial charge in [-0.25, -0.2) is 14.8 Å². The van der Waals surface area contributed by atoms with E-state index in [1.807, 2.05) is 11.8 Å². The summed E-state index contributed by atoms with van der Waals surface area (Å²) >= 11 is 1.94. The maximum Gasteiger partial charge on any atom is 0.356 e. The van der Waals surface area contributed by atoms with Crippen LogP contribution in [0.5, 0.6) is 0 Å². The molecule has 1 heterocycles. The molecule has 1 saturated carbocycles. The van der Waals surface area contributed by atoms with Crippen molar-refractivity contribution in [2.75, 3.05) is 5.75 Å². The third-order valence-corrected chi connectivity index (χ3v) is 4.70. The van der Waals surface area contributed by atoms with Crippen LogP contribution in [0.15, 0.2) is 12.4 Å². The maximum absolute atomic E-state index is 12.1. The number of carbonyl (C=O) groups excluding carboxylic acids is 1. The molecule has 114 valence electrons.